The summed E-state index contributed by atoms with van der Waals surface area (Å²) in [6.45, 7) is 4.33. The predicted octanol–water partition coefficient (Wildman–Crippen LogP) is 1.80. The normalized spacial score (nSPS) is 19.2. The molecule has 0 radical (unpaired) electrons. The zero-order chi connectivity index (χ0) is 12.1. The molecule has 17 heavy (non-hydrogen) atoms. The molecule has 0 aliphatic carbocycles. The molecule has 1 atom stereocenters. The van der Waals surface area contributed by atoms with Gasteiger partial charge in [0, 0.05) is 25.8 Å². The van der Waals surface area contributed by atoms with Crippen molar-refractivity contribution < 1.29 is 9.84 Å². The van der Waals surface area contributed by atoms with Crippen LogP contribution in [-0.4, -0.2) is 30.9 Å². The van der Waals surface area contributed by atoms with Crippen LogP contribution in [0.3, 0.4) is 0 Å². The lowest BCUT2D eigenvalue weighted by molar-refractivity contribution is 0.0724. The zero-order valence-corrected chi connectivity index (χ0v) is 10.4. The van der Waals surface area contributed by atoms with Gasteiger partial charge in [0.15, 0.2) is 0 Å². The Labute approximate surface area is 103 Å². The molecule has 1 aliphatic heterocycles. The maximum atomic E-state index is 10.0. The highest BCUT2D eigenvalue weighted by Gasteiger charge is 2.15. The number of aryl methyl sites for hydroxylation is 1. The summed E-state index contributed by atoms with van der Waals surface area (Å²) in [6, 6.07) is 8.54. The monoisotopic (exact) mass is 235 g/mol. The topological polar surface area (TPSA) is 41.5 Å². The molecule has 3 heteroatoms. The van der Waals surface area contributed by atoms with Gasteiger partial charge in [0.25, 0.3) is 0 Å². The van der Waals surface area contributed by atoms with Crippen LogP contribution in [0.25, 0.3) is 0 Å². The minimum atomic E-state index is -0.418. The molecule has 3 nitrogen and oxygen atoms in total. The molecule has 2 N–H and O–H groups in total. The van der Waals surface area contributed by atoms with Gasteiger partial charge in [-0.1, -0.05) is 29.8 Å². The number of hydrogen-bond donors (Lipinski definition) is 2. The van der Waals surface area contributed by atoms with Crippen molar-refractivity contribution in [2.75, 3.05) is 19.8 Å². The molecule has 1 fully saturated rings. The molecular formula is C14H21NO2. The van der Waals surface area contributed by atoms with Crippen LogP contribution in [0.2, 0.25) is 0 Å². The van der Waals surface area contributed by atoms with E-state index in [9.17, 15) is 5.11 Å². The van der Waals surface area contributed by atoms with E-state index in [1.54, 1.807) is 0 Å². The van der Waals surface area contributed by atoms with Crippen molar-refractivity contribution in [2.45, 2.75) is 31.9 Å². The lowest BCUT2D eigenvalue weighted by Gasteiger charge is -2.24. The second kappa shape index (κ2) is 6.15. The summed E-state index contributed by atoms with van der Waals surface area (Å²) in [4.78, 5) is 0. The van der Waals surface area contributed by atoms with Crippen LogP contribution >= 0.6 is 0 Å². The third kappa shape index (κ3) is 3.80. The van der Waals surface area contributed by atoms with E-state index in [1.165, 1.54) is 5.56 Å². The molecule has 0 spiro atoms. The maximum absolute atomic E-state index is 10.0. The summed E-state index contributed by atoms with van der Waals surface area (Å²) in [5, 5.41) is 13.5. The quantitative estimate of drug-likeness (QED) is 0.836. The summed E-state index contributed by atoms with van der Waals surface area (Å²) < 4.78 is 5.30. The number of ether oxygens (including phenoxy) is 1. The third-order valence-electron chi connectivity index (χ3n) is 3.28. The van der Waals surface area contributed by atoms with E-state index in [2.05, 4.69) is 12.2 Å². The van der Waals surface area contributed by atoms with Crippen molar-refractivity contribution in [3.05, 3.63) is 35.4 Å². The van der Waals surface area contributed by atoms with Gasteiger partial charge in [0.1, 0.15) is 0 Å². The highest BCUT2D eigenvalue weighted by atomic mass is 16.5. The van der Waals surface area contributed by atoms with Crippen molar-refractivity contribution in [3.8, 4) is 0 Å². The smallest absolute Gasteiger partial charge is 0.0914 e. The Kier molecular flexibility index (Phi) is 4.54. The Morgan fingerprint density at radius 1 is 1.29 bits per heavy atom. The first-order chi connectivity index (χ1) is 8.25. The van der Waals surface area contributed by atoms with Crippen molar-refractivity contribution in [1.29, 1.82) is 0 Å². The predicted molar refractivity (Wildman–Crippen MR) is 68.0 cm³/mol. The van der Waals surface area contributed by atoms with Crippen LogP contribution in [0.4, 0.5) is 0 Å². The van der Waals surface area contributed by atoms with Crippen molar-refractivity contribution in [3.63, 3.8) is 0 Å². The van der Waals surface area contributed by atoms with Crippen LogP contribution in [0.15, 0.2) is 24.3 Å². The molecule has 0 bridgehead atoms. The van der Waals surface area contributed by atoms with Crippen LogP contribution < -0.4 is 5.32 Å². The molecule has 0 amide bonds. The lowest BCUT2D eigenvalue weighted by Crippen LogP contribution is -2.37. The fourth-order valence-corrected chi connectivity index (χ4v) is 2.09. The standard InChI is InChI=1S/C14H21NO2/c1-11-2-4-12(5-3-11)14(16)10-15-13-6-8-17-9-7-13/h2-5,13-16H,6-10H2,1H3. The number of hydrogen-bond acceptors (Lipinski definition) is 3. The highest BCUT2D eigenvalue weighted by Crippen LogP contribution is 2.14. The van der Waals surface area contributed by atoms with Crippen LogP contribution in [0, 0.1) is 6.92 Å². The lowest BCUT2D eigenvalue weighted by atomic mass is 10.1. The molecule has 94 valence electrons. The Hall–Kier alpha value is -0.900. The average Bonchev–Trinajstić information content (AvgIpc) is 2.38. The average molecular weight is 235 g/mol. The number of benzene rings is 1. The van der Waals surface area contributed by atoms with E-state index in [4.69, 9.17) is 4.74 Å². The van der Waals surface area contributed by atoms with E-state index in [0.29, 0.717) is 12.6 Å². The molecule has 1 aromatic carbocycles. The van der Waals surface area contributed by atoms with Crippen molar-refractivity contribution in [1.82, 2.24) is 5.32 Å². The van der Waals surface area contributed by atoms with Crippen LogP contribution in [-0.2, 0) is 4.74 Å². The van der Waals surface area contributed by atoms with Gasteiger partial charge in [-0.2, -0.15) is 0 Å². The zero-order valence-electron chi connectivity index (χ0n) is 10.4. The van der Waals surface area contributed by atoms with Gasteiger partial charge in [0.2, 0.25) is 0 Å². The fraction of sp³-hybridized carbons (Fsp3) is 0.571. The molecule has 2 rings (SSSR count). The minimum Gasteiger partial charge on any atom is -0.387 e. The van der Waals surface area contributed by atoms with Gasteiger partial charge in [-0.15, -0.1) is 0 Å². The van der Waals surface area contributed by atoms with E-state index in [-0.39, 0.29) is 0 Å². The Bertz CT molecular complexity index is 331. The molecular weight excluding hydrogens is 214 g/mol. The van der Waals surface area contributed by atoms with E-state index >= 15 is 0 Å². The SMILES string of the molecule is Cc1ccc(C(O)CNC2CCOCC2)cc1. The van der Waals surface area contributed by atoms with Crippen LogP contribution in [0.1, 0.15) is 30.1 Å². The van der Waals surface area contributed by atoms with Crippen LogP contribution in [0.5, 0.6) is 0 Å². The number of aliphatic hydroxyl groups is 1. The molecule has 1 aromatic rings. The summed E-state index contributed by atoms with van der Waals surface area (Å²) in [7, 11) is 0. The fourth-order valence-electron chi connectivity index (χ4n) is 2.09. The molecule has 1 saturated heterocycles. The first kappa shape index (κ1) is 12.6. The van der Waals surface area contributed by atoms with Gasteiger partial charge in [0.05, 0.1) is 6.10 Å². The molecule has 1 aliphatic rings. The Morgan fingerprint density at radius 3 is 2.59 bits per heavy atom. The first-order valence-corrected chi connectivity index (χ1v) is 6.31. The molecule has 1 unspecified atom stereocenters. The first-order valence-electron chi connectivity index (χ1n) is 6.31. The maximum Gasteiger partial charge on any atom is 0.0914 e. The minimum absolute atomic E-state index is 0.418. The Balaban J connectivity index is 1.80. The van der Waals surface area contributed by atoms with Gasteiger partial charge in [-0.05, 0) is 25.3 Å². The highest BCUT2D eigenvalue weighted by molar-refractivity contribution is 5.23. The largest absolute Gasteiger partial charge is 0.387 e. The number of nitrogens with one attached hydrogen (secondary N) is 1. The number of aliphatic hydroxyl groups excluding tert-OH is 1. The van der Waals surface area contributed by atoms with Crippen molar-refractivity contribution in [2.24, 2.45) is 0 Å². The third-order valence-corrected chi connectivity index (χ3v) is 3.28. The summed E-state index contributed by atoms with van der Waals surface area (Å²) in [5.41, 5.74) is 2.20. The van der Waals surface area contributed by atoms with E-state index in [1.807, 2.05) is 24.3 Å². The summed E-state index contributed by atoms with van der Waals surface area (Å²) in [6.07, 6.45) is 1.67. The summed E-state index contributed by atoms with van der Waals surface area (Å²) in [5.74, 6) is 0. The molecule has 0 aromatic heterocycles. The Morgan fingerprint density at radius 2 is 1.94 bits per heavy atom. The van der Waals surface area contributed by atoms with Crippen molar-refractivity contribution >= 4 is 0 Å². The van der Waals surface area contributed by atoms with Gasteiger partial charge >= 0.3 is 0 Å². The van der Waals surface area contributed by atoms with Gasteiger partial charge < -0.3 is 15.2 Å². The van der Waals surface area contributed by atoms with E-state index in [0.717, 1.165) is 31.6 Å². The van der Waals surface area contributed by atoms with Gasteiger partial charge in [-0.3, -0.25) is 0 Å². The second-order valence-corrected chi connectivity index (χ2v) is 4.72. The molecule has 0 saturated carbocycles. The molecule has 1 heterocycles. The van der Waals surface area contributed by atoms with Gasteiger partial charge in [-0.25, -0.2) is 0 Å². The number of rotatable bonds is 4. The van der Waals surface area contributed by atoms with E-state index < -0.39 is 6.10 Å². The summed E-state index contributed by atoms with van der Waals surface area (Å²) >= 11 is 0. The second-order valence-electron chi connectivity index (χ2n) is 4.72.